The van der Waals surface area contributed by atoms with Crippen LogP contribution in [0.2, 0.25) is 0 Å². The van der Waals surface area contributed by atoms with E-state index in [1.165, 1.54) is 0 Å². The minimum Gasteiger partial charge on any atom is -0.481 e. The van der Waals surface area contributed by atoms with Crippen molar-refractivity contribution in [2.24, 2.45) is 0 Å². The van der Waals surface area contributed by atoms with E-state index in [9.17, 15) is 9.59 Å². The molecule has 5 heteroatoms. The molecule has 0 bridgehead atoms. The summed E-state index contributed by atoms with van der Waals surface area (Å²) in [5, 5.41) is 11.7. The van der Waals surface area contributed by atoms with E-state index < -0.39 is 11.5 Å². The van der Waals surface area contributed by atoms with E-state index >= 15 is 0 Å². The smallest absolute Gasteiger partial charge is 0.322 e. The molecule has 5 nitrogen and oxygen atoms in total. The molecule has 0 aromatic heterocycles. The molecule has 0 aliphatic rings. The summed E-state index contributed by atoms with van der Waals surface area (Å²) >= 11 is 0. The molecule has 0 radical (unpaired) electrons. The number of hydrogen-bond donors (Lipinski definition) is 2. The van der Waals surface area contributed by atoms with E-state index in [4.69, 9.17) is 5.11 Å². The summed E-state index contributed by atoms with van der Waals surface area (Å²) in [6.07, 6.45) is 1.76. The first-order valence-corrected chi connectivity index (χ1v) is 7.22. The van der Waals surface area contributed by atoms with Crippen LogP contribution in [-0.4, -0.2) is 29.2 Å². The van der Waals surface area contributed by atoms with Crippen molar-refractivity contribution >= 4 is 17.7 Å². The number of carboxylic acids is 1. The Balaban J connectivity index is 2.83. The normalized spacial score (nSPS) is 11.0. The maximum Gasteiger partial charge on any atom is 0.322 e. The molecule has 1 rings (SSSR count). The topological polar surface area (TPSA) is 69.6 Å². The maximum absolute atomic E-state index is 12.5. The summed E-state index contributed by atoms with van der Waals surface area (Å²) in [6.45, 7) is 6.09. The van der Waals surface area contributed by atoms with Gasteiger partial charge in [-0.25, -0.2) is 4.79 Å². The first-order valence-electron chi connectivity index (χ1n) is 7.22. The number of carbonyl (C=O) groups excluding carboxylic acids is 1. The lowest BCUT2D eigenvalue weighted by Crippen LogP contribution is -2.51. The van der Waals surface area contributed by atoms with Gasteiger partial charge in [0.25, 0.3) is 0 Å². The summed E-state index contributed by atoms with van der Waals surface area (Å²) in [6, 6.07) is 9.14. The largest absolute Gasteiger partial charge is 0.481 e. The van der Waals surface area contributed by atoms with E-state index in [0.29, 0.717) is 6.54 Å². The summed E-state index contributed by atoms with van der Waals surface area (Å²) in [5.74, 6) is -0.930. The summed E-state index contributed by atoms with van der Waals surface area (Å²) in [5.41, 5.74) is 0.0249. The molecule has 0 atom stereocenters. The first-order chi connectivity index (χ1) is 9.85. The number of nitrogens with one attached hydrogen (secondary N) is 1. The van der Waals surface area contributed by atoms with Crippen LogP contribution in [-0.2, 0) is 4.79 Å². The summed E-state index contributed by atoms with van der Waals surface area (Å²) in [7, 11) is 0. The van der Waals surface area contributed by atoms with Crippen LogP contribution in [0.15, 0.2) is 30.3 Å². The fourth-order valence-electron chi connectivity index (χ4n) is 2.05. The van der Waals surface area contributed by atoms with Crippen LogP contribution in [0.25, 0.3) is 0 Å². The van der Waals surface area contributed by atoms with Crippen molar-refractivity contribution in [3.63, 3.8) is 0 Å². The Bertz CT molecular complexity index is 472. The molecule has 0 heterocycles. The van der Waals surface area contributed by atoms with Crippen molar-refractivity contribution in [1.82, 2.24) is 5.32 Å². The van der Waals surface area contributed by atoms with Crippen LogP contribution in [0, 0.1) is 0 Å². The van der Waals surface area contributed by atoms with Crippen LogP contribution in [0.1, 0.15) is 40.0 Å². The van der Waals surface area contributed by atoms with Gasteiger partial charge in [0.1, 0.15) is 0 Å². The molecular formula is C16H24N2O3. The van der Waals surface area contributed by atoms with E-state index in [0.717, 1.165) is 18.5 Å². The molecular weight excluding hydrogens is 268 g/mol. The molecule has 0 aliphatic carbocycles. The van der Waals surface area contributed by atoms with Crippen molar-refractivity contribution in [2.75, 3.05) is 11.4 Å². The van der Waals surface area contributed by atoms with Gasteiger partial charge in [0.2, 0.25) is 0 Å². The predicted octanol–water partition coefficient (Wildman–Crippen LogP) is 3.26. The van der Waals surface area contributed by atoms with Gasteiger partial charge in [-0.05, 0) is 32.4 Å². The number of nitrogens with zero attached hydrogens (tertiary/aromatic N) is 1. The van der Waals surface area contributed by atoms with Crippen LogP contribution in [0.4, 0.5) is 10.5 Å². The van der Waals surface area contributed by atoms with E-state index in [1.54, 1.807) is 18.7 Å². The molecule has 0 unspecified atom stereocenters. The Kier molecular flexibility index (Phi) is 6.21. The second kappa shape index (κ2) is 7.67. The number of hydrogen-bond acceptors (Lipinski definition) is 2. The van der Waals surface area contributed by atoms with E-state index in [2.05, 4.69) is 12.2 Å². The Morgan fingerprint density at radius 1 is 1.24 bits per heavy atom. The molecule has 2 amide bonds. The number of amides is 2. The Morgan fingerprint density at radius 2 is 1.86 bits per heavy atom. The van der Waals surface area contributed by atoms with Crippen molar-refractivity contribution in [3.8, 4) is 0 Å². The number of unbranched alkanes of at least 4 members (excludes halogenated alkanes) is 1. The van der Waals surface area contributed by atoms with Gasteiger partial charge in [0.15, 0.2) is 0 Å². The highest BCUT2D eigenvalue weighted by atomic mass is 16.4. The average molecular weight is 292 g/mol. The third kappa shape index (κ3) is 5.85. The lowest BCUT2D eigenvalue weighted by atomic mass is 10.0. The SMILES string of the molecule is CCCCN(C(=O)NC(C)(C)CC(=O)O)c1ccccc1. The highest BCUT2D eigenvalue weighted by Crippen LogP contribution is 2.16. The zero-order valence-corrected chi connectivity index (χ0v) is 12.9. The third-order valence-electron chi connectivity index (χ3n) is 3.09. The Labute approximate surface area is 126 Å². The molecule has 0 spiro atoms. The van der Waals surface area contributed by atoms with E-state index in [-0.39, 0.29) is 12.5 Å². The predicted molar refractivity (Wildman–Crippen MR) is 83.6 cm³/mol. The number of benzene rings is 1. The number of aliphatic carboxylic acids is 1. The zero-order chi connectivity index (χ0) is 15.9. The van der Waals surface area contributed by atoms with Gasteiger partial charge in [-0.2, -0.15) is 0 Å². The van der Waals surface area contributed by atoms with Gasteiger partial charge >= 0.3 is 12.0 Å². The first kappa shape index (κ1) is 17.0. The molecule has 0 saturated heterocycles. The standard InChI is InChI=1S/C16H24N2O3/c1-4-5-11-18(13-9-7-6-8-10-13)15(21)17-16(2,3)12-14(19)20/h6-10H,4-5,11-12H2,1-3H3,(H,17,21)(H,19,20). The molecule has 1 aromatic rings. The van der Waals surface area contributed by atoms with Crippen molar-refractivity contribution in [1.29, 1.82) is 0 Å². The molecule has 21 heavy (non-hydrogen) atoms. The Hall–Kier alpha value is -2.04. The fourth-order valence-corrected chi connectivity index (χ4v) is 2.05. The molecule has 2 N–H and O–H groups in total. The highest BCUT2D eigenvalue weighted by Gasteiger charge is 2.26. The quantitative estimate of drug-likeness (QED) is 0.810. The molecule has 1 aromatic carbocycles. The van der Waals surface area contributed by atoms with Gasteiger partial charge in [-0.3, -0.25) is 9.69 Å². The molecule has 0 saturated carbocycles. The van der Waals surface area contributed by atoms with Crippen LogP contribution in [0.5, 0.6) is 0 Å². The van der Waals surface area contributed by atoms with Gasteiger partial charge < -0.3 is 10.4 Å². The summed E-state index contributed by atoms with van der Waals surface area (Å²) < 4.78 is 0. The number of urea groups is 1. The minimum atomic E-state index is -0.930. The van der Waals surface area contributed by atoms with Crippen LogP contribution < -0.4 is 10.2 Å². The van der Waals surface area contributed by atoms with Crippen LogP contribution >= 0.6 is 0 Å². The highest BCUT2D eigenvalue weighted by molar-refractivity contribution is 5.92. The minimum absolute atomic E-state index is 0.116. The van der Waals surface area contributed by atoms with Crippen molar-refractivity contribution in [3.05, 3.63) is 30.3 Å². The number of rotatable bonds is 7. The second-order valence-corrected chi connectivity index (χ2v) is 5.73. The third-order valence-corrected chi connectivity index (χ3v) is 3.09. The number of carbonyl (C=O) groups is 2. The van der Waals surface area contributed by atoms with Crippen molar-refractivity contribution < 1.29 is 14.7 Å². The lowest BCUT2D eigenvalue weighted by Gasteiger charge is -2.30. The summed E-state index contributed by atoms with van der Waals surface area (Å²) in [4.78, 5) is 25.0. The number of carboxylic acid groups (broad SMARTS) is 1. The molecule has 0 fully saturated rings. The number of anilines is 1. The molecule has 116 valence electrons. The van der Waals surface area contributed by atoms with Gasteiger partial charge in [0, 0.05) is 17.8 Å². The monoisotopic (exact) mass is 292 g/mol. The second-order valence-electron chi connectivity index (χ2n) is 5.73. The average Bonchev–Trinajstić information content (AvgIpc) is 2.38. The van der Waals surface area contributed by atoms with E-state index in [1.807, 2.05) is 30.3 Å². The zero-order valence-electron chi connectivity index (χ0n) is 12.9. The van der Waals surface area contributed by atoms with Gasteiger partial charge in [0.05, 0.1) is 6.42 Å². The van der Waals surface area contributed by atoms with Gasteiger partial charge in [-0.15, -0.1) is 0 Å². The van der Waals surface area contributed by atoms with Crippen molar-refractivity contribution in [2.45, 2.75) is 45.6 Å². The Morgan fingerprint density at radius 3 is 2.38 bits per heavy atom. The number of para-hydroxylation sites is 1. The van der Waals surface area contributed by atoms with Gasteiger partial charge in [-0.1, -0.05) is 31.5 Å². The van der Waals surface area contributed by atoms with Crippen LogP contribution in [0.3, 0.4) is 0 Å². The lowest BCUT2D eigenvalue weighted by molar-refractivity contribution is -0.138. The maximum atomic E-state index is 12.5. The molecule has 0 aliphatic heterocycles. The fraction of sp³-hybridized carbons (Fsp3) is 0.500.